The standard InChI is InChI=1S/C28H29N5O7/c1-39-26-11-6-22(16-27(26)40-19-21-4-9-25(10-5-21)33(37)38)17-29-30-28(34)23-12-14-31(15-13-23)18-20-2-7-24(8-3-20)32(35)36/h2-11,16-17,23H,12-15,18-19H2,1H3,(H,30,34)/b29-17-. The lowest BCUT2D eigenvalue weighted by molar-refractivity contribution is -0.385. The van der Waals surface area contributed by atoms with Gasteiger partial charge in [-0.1, -0.05) is 12.1 Å². The Kier molecular flexibility index (Phi) is 9.36. The van der Waals surface area contributed by atoms with Crippen molar-refractivity contribution in [3.05, 3.63) is 104 Å². The van der Waals surface area contributed by atoms with Gasteiger partial charge in [-0.25, -0.2) is 5.43 Å². The normalized spacial score (nSPS) is 14.1. The molecule has 1 saturated heterocycles. The highest BCUT2D eigenvalue weighted by molar-refractivity contribution is 5.84. The predicted molar refractivity (Wildman–Crippen MR) is 147 cm³/mol. The highest BCUT2D eigenvalue weighted by Gasteiger charge is 2.25. The third-order valence-electron chi connectivity index (χ3n) is 6.63. The van der Waals surface area contributed by atoms with Crippen LogP contribution in [-0.2, 0) is 17.9 Å². The number of methoxy groups -OCH3 is 1. The molecule has 3 aromatic carbocycles. The Morgan fingerprint density at radius 3 is 2.12 bits per heavy atom. The predicted octanol–water partition coefficient (Wildman–Crippen LogP) is 4.45. The number of benzene rings is 3. The number of amides is 1. The fourth-order valence-electron chi connectivity index (χ4n) is 4.36. The average molecular weight is 548 g/mol. The van der Waals surface area contributed by atoms with Gasteiger partial charge < -0.3 is 9.47 Å². The molecule has 1 fully saturated rings. The van der Waals surface area contributed by atoms with Gasteiger partial charge in [0, 0.05) is 36.7 Å². The van der Waals surface area contributed by atoms with Crippen LogP contribution in [0.5, 0.6) is 11.5 Å². The smallest absolute Gasteiger partial charge is 0.269 e. The number of carbonyl (C=O) groups excluding carboxylic acids is 1. The van der Waals surface area contributed by atoms with Crippen LogP contribution in [0.4, 0.5) is 11.4 Å². The largest absolute Gasteiger partial charge is 0.493 e. The minimum Gasteiger partial charge on any atom is -0.493 e. The van der Waals surface area contributed by atoms with Crippen molar-refractivity contribution < 1.29 is 24.1 Å². The Morgan fingerprint density at radius 2 is 1.55 bits per heavy atom. The number of ether oxygens (including phenoxy) is 2. The molecule has 0 atom stereocenters. The summed E-state index contributed by atoms with van der Waals surface area (Å²) in [6, 6.07) is 17.9. The number of nitro benzene ring substituents is 2. The molecule has 12 nitrogen and oxygen atoms in total. The molecule has 0 bridgehead atoms. The fraction of sp³-hybridized carbons (Fsp3) is 0.286. The maximum absolute atomic E-state index is 12.7. The van der Waals surface area contributed by atoms with Crippen LogP contribution in [0.2, 0.25) is 0 Å². The van der Waals surface area contributed by atoms with Crippen molar-refractivity contribution in [2.75, 3.05) is 20.2 Å². The number of nitrogens with zero attached hydrogens (tertiary/aromatic N) is 4. The number of non-ortho nitro benzene ring substituents is 2. The zero-order chi connectivity index (χ0) is 28.5. The Labute approximate surface area is 230 Å². The van der Waals surface area contributed by atoms with Crippen molar-refractivity contribution in [2.45, 2.75) is 26.0 Å². The number of nitro groups is 2. The van der Waals surface area contributed by atoms with E-state index in [1.54, 1.807) is 42.5 Å². The zero-order valence-corrected chi connectivity index (χ0v) is 21.9. The second-order valence-corrected chi connectivity index (χ2v) is 9.33. The van der Waals surface area contributed by atoms with E-state index in [1.807, 2.05) is 0 Å². The van der Waals surface area contributed by atoms with Gasteiger partial charge in [0.25, 0.3) is 11.4 Å². The molecule has 1 aliphatic rings. The number of carbonyl (C=O) groups is 1. The summed E-state index contributed by atoms with van der Waals surface area (Å²) >= 11 is 0. The minimum atomic E-state index is -0.456. The highest BCUT2D eigenvalue weighted by atomic mass is 16.6. The molecule has 0 radical (unpaired) electrons. The van der Waals surface area contributed by atoms with Crippen LogP contribution in [0.1, 0.15) is 29.5 Å². The molecule has 1 N–H and O–H groups in total. The monoisotopic (exact) mass is 547 g/mol. The second kappa shape index (κ2) is 13.3. The summed E-state index contributed by atoms with van der Waals surface area (Å²) < 4.78 is 11.2. The summed E-state index contributed by atoms with van der Waals surface area (Å²) in [6.45, 7) is 2.35. The van der Waals surface area contributed by atoms with Gasteiger partial charge in [-0.3, -0.25) is 29.9 Å². The topological polar surface area (TPSA) is 149 Å². The van der Waals surface area contributed by atoms with Crippen molar-refractivity contribution in [3.8, 4) is 11.5 Å². The van der Waals surface area contributed by atoms with E-state index >= 15 is 0 Å². The van der Waals surface area contributed by atoms with Gasteiger partial charge >= 0.3 is 0 Å². The lowest BCUT2D eigenvalue weighted by Crippen LogP contribution is -2.39. The molecule has 208 valence electrons. The van der Waals surface area contributed by atoms with E-state index < -0.39 is 9.85 Å². The number of piperidine rings is 1. The Balaban J connectivity index is 1.26. The number of nitrogens with one attached hydrogen (secondary N) is 1. The molecule has 0 saturated carbocycles. The van der Waals surface area contributed by atoms with Gasteiger partial charge in [-0.15, -0.1) is 0 Å². The Morgan fingerprint density at radius 1 is 0.950 bits per heavy atom. The molecule has 12 heteroatoms. The quantitative estimate of drug-likeness (QED) is 0.210. The molecule has 1 amide bonds. The zero-order valence-electron chi connectivity index (χ0n) is 21.9. The summed E-state index contributed by atoms with van der Waals surface area (Å²) in [4.78, 5) is 35.7. The van der Waals surface area contributed by atoms with E-state index in [4.69, 9.17) is 9.47 Å². The lowest BCUT2D eigenvalue weighted by atomic mass is 9.96. The van der Waals surface area contributed by atoms with Gasteiger partial charge in [0.2, 0.25) is 5.91 Å². The van der Waals surface area contributed by atoms with Crippen LogP contribution in [0.25, 0.3) is 0 Å². The van der Waals surface area contributed by atoms with Crippen molar-refractivity contribution in [2.24, 2.45) is 11.0 Å². The molecule has 40 heavy (non-hydrogen) atoms. The van der Waals surface area contributed by atoms with Gasteiger partial charge in [-0.2, -0.15) is 5.10 Å². The number of likely N-dealkylation sites (tertiary alicyclic amines) is 1. The first-order valence-corrected chi connectivity index (χ1v) is 12.6. The molecular formula is C28H29N5O7. The van der Waals surface area contributed by atoms with E-state index in [-0.39, 0.29) is 29.8 Å². The van der Waals surface area contributed by atoms with E-state index in [2.05, 4.69) is 15.4 Å². The van der Waals surface area contributed by atoms with E-state index in [0.717, 1.165) is 24.2 Å². The van der Waals surface area contributed by atoms with Gasteiger partial charge in [0.15, 0.2) is 11.5 Å². The summed E-state index contributed by atoms with van der Waals surface area (Å²) in [5.74, 6) is 0.691. The highest BCUT2D eigenvalue weighted by Crippen LogP contribution is 2.29. The second-order valence-electron chi connectivity index (χ2n) is 9.33. The van der Waals surface area contributed by atoms with Crippen molar-refractivity contribution in [1.82, 2.24) is 10.3 Å². The molecular weight excluding hydrogens is 518 g/mol. The van der Waals surface area contributed by atoms with Crippen LogP contribution in [0.3, 0.4) is 0 Å². The van der Waals surface area contributed by atoms with Crippen LogP contribution in [0.15, 0.2) is 71.8 Å². The molecule has 0 aliphatic carbocycles. The number of hydrogen-bond acceptors (Lipinski definition) is 9. The maximum Gasteiger partial charge on any atom is 0.269 e. The molecule has 1 heterocycles. The van der Waals surface area contributed by atoms with Crippen LogP contribution in [-0.4, -0.2) is 47.1 Å². The van der Waals surface area contributed by atoms with Crippen molar-refractivity contribution in [1.29, 1.82) is 0 Å². The van der Waals surface area contributed by atoms with E-state index in [1.165, 1.54) is 37.6 Å². The summed E-state index contributed by atoms with van der Waals surface area (Å²) in [7, 11) is 1.53. The molecule has 4 rings (SSSR count). The van der Waals surface area contributed by atoms with E-state index in [0.29, 0.717) is 36.4 Å². The maximum atomic E-state index is 12.7. The lowest BCUT2D eigenvalue weighted by Gasteiger charge is -2.30. The SMILES string of the molecule is COc1ccc(/C=N\NC(=O)C2CCN(Cc3ccc([N+](=O)[O-])cc3)CC2)cc1OCc1ccc([N+](=O)[O-])cc1. The molecule has 1 aliphatic heterocycles. The average Bonchev–Trinajstić information content (AvgIpc) is 2.97. The van der Waals surface area contributed by atoms with Gasteiger partial charge in [-0.05, 0) is 73.0 Å². The molecule has 0 unspecified atom stereocenters. The van der Waals surface area contributed by atoms with Crippen molar-refractivity contribution >= 4 is 23.5 Å². The number of hydrazone groups is 1. The summed E-state index contributed by atoms with van der Waals surface area (Å²) in [5.41, 5.74) is 5.15. The van der Waals surface area contributed by atoms with Crippen molar-refractivity contribution in [3.63, 3.8) is 0 Å². The van der Waals surface area contributed by atoms with Gasteiger partial charge in [0.1, 0.15) is 6.61 Å². The first-order chi connectivity index (χ1) is 19.3. The van der Waals surface area contributed by atoms with Crippen LogP contribution >= 0.6 is 0 Å². The number of hydrogen-bond donors (Lipinski definition) is 1. The fourth-order valence-corrected chi connectivity index (χ4v) is 4.36. The molecule has 0 spiro atoms. The Bertz CT molecular complexity index is 1370. The minimum absolute atomic E-state index is 0.00869. The first-order valence-electron chi connectivity index (χ1n) is 12.6. The van der Waals surface area contributed by atoms with Gasteiger partial charge in [0.05, 0.1) is 23.2 Å². The number of rotatable bonds is 11. The first kappa shape index (κ1) is 28.2. The Hall–Kier alpha value is -4.84. The van der Waals surface area contributed by atoms with Crippen LogP contribution in [0, 0.1) is 26.1 Å². The third kappa shape index (κ3) is 7.60. The molecule has 0 aromatic heterocycles. The summed E-state index contributed by atoms with van der Waals surface area (Å²) in [6.07, 6.45) is 2.91. The summed E-state index contributed by atoms with van der Waals surface area (Å²) in [5, 5.41) is 25.8. The molecule has 3 aromatic rings. The third-order valence-corrected chi connectivity index (χ3v) is 6.63. The van der Waals surface area contributed by atoms with Crippen LogP contribution < -0.4 is 14.9 Å². The van der Waals surface area contributed by atoms with E-state index in [9.17, 15) is 25.0 Å².